The van der Waals surface area contributed by atoms with E-state index in [2.05, 4.69) is 22.8 Å². The molecule has 3 aromatic carbocycles. The number of halogens is 1. The third kappa shape index (κ3) is 3.31. The molecule has 1 heterocycles. The number of aromatic nitrogens is 2. The van der Waals surface area contributed by atoms with E-state index in [1.54, 1.807) is 7.11 Å². The summed E-state index contributed by atoms with van der Waals surface area (Å²) in [5, 5.41) is 0. The number of hydrogen-bond donors (Lipinski definition) is 0. The zero-order valence-corrected chi connectivity index (χ0v) is 14.5. The van der Waals surface area contributed by atoms with E-state index in [4.69, 9.17) is 9.72 Å². The van der Waals surface area contributed by atoms with Gasteiger partial charge in [0.1, 0.15) is 17.4 Å². The molecular weight excluding hydrogens is 327 g/mol. The largest absolute Gasteiger partial charge is 0.497 e. The minimum absolute atomic E-state index is 0.220. The molecule has 4 aromatic rings. The van der Waals surface area contributed by atoms with Gasteiger partial charge in [0, 0.05) is 13.0 Å². The van der Waals surface area contributed by atoms with E-state index in [-0.39, 0.29) is 5.82 Å². The van der Waals surface area contributed by atoms with Crippen molar-refractivity contribution in [2.45, 2.75) is 13.0 Å². The number of rotatable bonds is 5. The number of hydrogen-bond acceptors (Lipinski definition) is 2. The molecular formula is C22H19FN2O. The maximum absolute atomic E-state index is 13.2. The summed E-state index contributed by atoms with van der Waals surface area (Å²) in [6, 6.07) is 22.8. The predicted molar refractivity (Wildman–Crippen MR) is 101 cm³/mol. The van der Waals surface area contributed by atoms with Crippen LogP contribution in [0.1, 0.15) is 17.0 Å². The second-order valence-corrected chi connectivity index (χ2v) is 6.25. The van der Waals surface area contributed by atoms with Crippen LogP contribution in [0.25, 0.3) is 11.0 Å². The zero-order valence-electron chi connectivity index (χ0n) is 14.5. The van der Waals surface area contributed by atoms with Gasteiger partial charge in [-0.05, 0) is 47.5 Å². The van der Waals surface area contributed by atoms with Gasteiger partial charge in [-0.25, -0.2) is 9.37 Å². The minimum atomic E-state index is -0.220. The summed E-state index contributed by atoms with van der Waals surface area (Å²) in [6.07, 6.45) is 0.722. The van der Waals surface area contributed by atoms with Crippen molar-refractivity contribution < 1.29 is 9.13 Å². The first-order valence-electron chi connectivity index (χ1n) is 8.54. The van der Waals surface area contributed by atoms with Crippen molar-refractivity contribution in [1.29, 1.82) is 0 Å². The molecule has 4 rings (SSSR count). The van der Waals surface area contributed by atoms with E-state index in [0.29, 0.717) is 6.54 Å². The maximum Gasteiger partial charge on any atom is 0.123 e. The molecule has 0 N–H and O–H groups in total. The third-order valence-electron chi connectivity index (χ3n) is 4.51. The molecule has 0 aliphatic heterocycles. The molecule has 3 nitrogen and oxygen atoms in total. The summed E-state index contributed by atoms with van der Waals surface area (Å²) in [6.45, 7) is 0.659. The van der Waals surface area contributed by atoms with Crippen LogP contribution in [0, 0.1) is 5.82 Å². The first-order chi connectivity index (χ1) is 12.7. The fraction of sp³-hybridized carbons (Fsp3) is 0.136. The lowest BCUT2D eigenvalue weighted by Gasteiger charge is -2.10. The number of nitrogens with zero attached hydrogens (tertiary/aromatic N) is 2. The highest BCUT2D eigenvalue weighted by Crippen LogP contribution is 2.21. The Morgan fingerprint density at radius 2 is 1.58 bits per heavy atom. The minimum Gasteiger partial charge on any atom is -0.497 e. The summed E-state index contributed by atoms with van der Waals surface area (Å²) in [7, 11) is 1.66. The van der Waals surface area contributed by atoms with Crippen LogP contribution in [0.15, 0.2) is 72.8 Å². The summed E-state index contributed by atoms with van der Waals surface area (Å²) in [5.74, 6) is 1.61. The maximum atomic E-state index is 13.2. The highest BCUT2D eigenvalue weighted by Gasteiger charge is 2.12. The lowest BCUT2D eigenvalue weighted by atomic mass is 10.1. The van der Waals surface area contributed by atoms with Crippen LogP contribution < -0.4 is 4.74 Å². The average Bonchev–Trinajstić information content (AvgIpc) is 3.01. The fourth-order valence-corrected chi connectivity index (χ4v) is 3.14. The first-order valence-corrected chi connectivity index (χ1v) is 8.54. The molecule has 0 spiro atoms. The second-order valence-electron chi connectivity index (χ2n) is 6.25. The second kappa shape index (κ2) is 7.00. The van der Waals surface area contributed by atoms with Crippen molar-refractivity contribution in [2.24, 2.45) is 0 Å². The SMILES string of the molecule is COc1ccc(Cc2nc3ccccc3n2Cc2ccc(F)cc2)cc1. The van der Waals surface area contributed by atoms with Gasteiger partial charge < -0.3 is 9.30 Å². The van der Waals surface area contributed by atoms with Crippen LogP contribution in [0.3, 0.4) is 0 Å². The molecule has 130 valence electrons. The van der Waals surface area contributed by atoms with E-state index in [9.17, 15) is 4.39 Å². The summed E-state index contributed by atoms with van der Waals surface area (Å²) >= 11 is 0. The Morgan fingerprint density at radius 3 is 2.31 bits per heavy atom. The lowest BCUT2D eigenvalue weighted by Crippen LogP contribution is -2.06. The van der Waals surface area contributed by atoms with Crippen LogP contribution in [0.2, 0.25) is 0 Å². The van der Waals surface area contributed by atoms with Crippen LogP contribution in [-0.2, 0) is 13.0 Å². The predicted octanol–water partition coefficient (Wildman–Crippen LogP) is 4.82. The Hall–Kier alpha value is -3.14. The quantitative estimate of drug-likeness (QED) is 0.518. The van der Waals surface area contributed by atoms with Gasteiger partial charge in [0.25, 0.3) is 0 Å². The summed E-state index contributed by atoms with van der Waals surface area (Å²) in [4.78, 5) is 4.82. The molecule has 0 bridgehead atoms. The molecule has 0 aliphatic rings. The summed E-state index contributed by atoms with van der Waals surface area (Å²) < 4.78 is 20.6. The van der Waals surface area contributed by atoms with Crippen molar-refractivity contribution in [3.8, 4) is 5.75 Å². The molecule has 0 unspecified atom stereocenters. The number of fused-ring (bicyclic) bond motifs is 1. The Kier molecular flexibility index (Phi) is 4.40. The highest BCUT2D eigenvalue weighted by atomic mass is 19.1. The summed E-state index contributed by atoms with van der Waals surface area (Å²) in [5.41, 5.74) is 4.27. The fourth-order valence-electron chi connectivity index (χ4n) is 3.14. The van der Waals surface area contributed by atoms with Crippen molar-refractivity contribution in [3.63, 3.8) is 0 Å². The third-order valence-corrected chi connectivity index (χ3v) is 4.51. The van der Waals surface area contributed by atoms with Gasteiger partial charge in [0.2, 0.25) is 0 Å². The van der Waals surface area contributed by atoms with E-state index < -0.39 is 0 Å². The zero-order chi connectivity index (χ0) is 17.9. The molecule has 0 saturated heterocycles. The monoisotopic (exact) mass is 346 g/mol. The van der Waals surface area contributed by atoms with Gasteiger partial charge in [-0.2, -0.15) is 0 Å². The molecule has 1 aromatic heterocycles. The van der Waals surface area contributed by atoms with Gasteiger partial charge in [-0.3, -0.25) is 0 Å². The number of imidazole rings is 1. The molecule has 4 heteroatoms. The standard InChI is InChI=1S/C22H19FN2O/c1-26-19-12-8-16(9-13-19)14-22-24-20-4-2-3-5-21(20)25(22)15-17-6-10-18(23)11-7-17/h2-13H,14-15H2,1H3. The number of ether oxygens (including phenoxy) is 1. The molecule has 0 atom stereocenters. The van der Waals surface area contributed by atoms with Gasteiger partial charge >= 0.3 is 0 Å². The molecule has 0 amide bonds. The van der Waals surface area contributed by atoms with Gasteiger partial charge in [0.05, 0.1) is 18.1 Å². The molecule has 0 aliphatic carbocycles. The van der Waals surface area contributed by atoms with Crippen LogP contribution >= 0.6 is 0 Å². The smallest absolute Gasteiger partial charge is 0.123 e. The van der Waals surface area contributed by atoms with Crippen molar-refractivity contribution in [3.05, 3.63) is 95.6 Å². The Bertz CT molecular complexity index is 1020. The Labute approximate surface area is 151 Å². The highest BCUT2D eigenvalue weighted by molar-refractivity contribution is 5.76. The van der Waals surface area contributed by atoms with Crippen LogP contribution in [0.4, 0.5) is 4.39 Å². The molecule has 26 heavy (non-hydrogen) atoms. The number of benzene rings is 3. The Balaban J connectivity index is 1.71. The normalized spacial score (nSPS) is 11.0. The van der Waals surface area contributed by atoms with E-state index >= 15 is 0 Å². The topological polar surface area (TPSA) is 27.1 Å². The van der Waals surface area contributed by atoms with Crippen molar-refractivity contribution in [1.82, 2.24) is 9.55 Å². The molecule has 0 saturated carbocycles. The van der Waals surface area contributed by atoms with Gasteiger partial charge in [-0.15, -0.1) is 0 Å². The Morgan fingerprint density at radius 1 is 0.885 bits per heavy atom. The van der Waals surface area contributed by atoms with E-state index in [0.717, 1.165) is 34.6 Å². The molecule has 0 fully saturated rings. The van der Waals surface area contributed by atoms with Crippen molar-refractivity contribution >= 4 is 11.0 Å². The number of para-hydroxylation sites is 2. The van der Waals surface area contributed by atoms with Gasteiger partial charge in [-0.1, -0.05) is 36.4 Å². The van der Waals surface area contributed by atoms with Crippen LogP contribution in [0.5, 0.6) is 5.75 Å². The average molecular weight is 346 g/mol. The molecule has 0 radical (unpaired) electrons. The van der Waals surface area contributed by atoms with E-state index in [1.807, 2.05) is 42.5 Å². The first kappa shape index (κ1) is 16.3. The van der Waals surface area contributed by atoms with E-state index in [1.165, 1.54) is 17.7 Å². The van der Waals surface area contributed by atoms with Crippen LogP contribution in [-0.4, -0.2) is 16.7 Å². The van der Waals surface area contributed by atoms with Crippen molar-refractivity contribution in [2.75, 3.05) is 7.11 Å². The van der Waals surface area contributed by atoms with Gasteiger partial charge in [0.15, 0.2) is 0 Å². The lowest BCUT2D eigenvalue weighted by molar-refractivity contribution is 0.414. The number of methoxy groups -OCH3 is 1.